The minimum absolute atomic E-state index is 0.0826. The summed E-state index contributed by atoms with van der Waals surface area (Å²) >= 11 is 0. The molecule has 0 aliphatic carbocycles. The Morgan fingerprint density at radius 1 is 1.53 bits per heavy atom. The van der Waals surface area contributed by atoms with Gasteiger partial charge in [-0.3, -0.25) is 4.79 Å². The molecule has 5 heteroatoms. The number of carbonyl (C=O) groups excluding carboxylic acids is 1. The van der Waals surface area contributed by atoms with E-state index in [-0.39, 0.29) is 29.5 Å². The zero-order chi connectivity index (χ0) is 12.8. The second-order valence-electron chi connectivity index (χ2n) is 3.64. The third kappa shape index (κ3) is 3.38. The Morgan fingerprint density at radius 2 is 2.24 bits per heavy atom. The summed E-state index contributed by atoms with van der Waals surface area (Å²) in [7, 11) is 0. The average molecular weight is 234 g/mol. The number of benzene rings is 1. The first-order valence-electron chi connectivity index (χ1n) is 5.28. The quantitative estimate of drug-likeness (QED) is 0.736. The van der Waals surface area contributed by atoms with Gasteiger partial charge in [-0.15, -0.1) is 0 Å². The maximum Gasteiger partial charge on any atom is 0.255 e. The van der Waals surface area contributed by atoms with Crippen molar-refractivity contribution in [2.75, 3.05) is 0 Å². The molecule has 0 saturated carbocycles. The van der Waals surface area contributed by atoms with Crippen LogP contribution in [-0.4, -0.2) is 22.2 Å². The van der Waals surface area contributed by atoms with Crippen molar-refractivity contribution in [3.8, 4) is 17.6 Å². The van der Waals surface area contributed by atoms with Crippen molar-refractivity contribution < 1.29 is 15.0 Å². The number of rotatable bonds is 4. The lowest BCUT2D eigenvalue weighted by molar-refractivity contribution is 0.0934. The minimum Gasteiger partial charge on any atom is -0.508 e. The summed E-state index contributed by atoms with van der Waals surface area (Å²) in [5, 5.41) is 29.8. The van der Waals surface area contributed by atoms with Gasteiger partial charge in [0, 0.05) is 12.1 Å². The van der Waals surface area contributed by atoms with Crippen LogP contribution in [0.4, 0.5) is 0 Å². The van der Waals surface area contributed by atoms with Crippen LogP contribution in [0.15, 0.2) is 18.2 Å². The van der Waals surface area contributed by atoms with E-state index in [4.69, 9.17) is 10.4 Å². The Morgan fingerprint density at radius 3 is 2.76 bits per heavy atom. The molecular formula is C12H14N2O3. The molecule has 17 heavy (non-hydrogen) atoms. The smallest absolute Gasteiger partial charge is 0.255 e. The van der Waals surface area contributed by atoms with E-state index in [2.05, 4.69) is 5.32 Å². The van der Waals surface area contributed by atoms with Crippen molar-refractivity contribution in [2.24, 2.45) is 0 Å². The van der Waals surface area contributed by atoms with Crippen LogP contribution in [0.3, 0.4) is 0 Å². The zero-order valence-corrected chi connectivity index (χ0v) is 9.47. The summed E-state index contributed by atoms with van der Waals surface area (Å²) in [6, 6.07) is 5.50. The number of phenols is 2. The number of nitrogens with zero attached hydrogens (tertiary/aromatic N) is 1. The normalized spacial score (nSPS) is 11.5. The largest absolute Gasteiger partial charge is 0.508 e. The summed E-state index contributed by atoms with van der Waals surface area (Å²) in [6.45, 7) is 1.86. The van der Waals surface area contributed by atoms with Gasteiger partial charge >= 0.3 is 0 Å². The predicted octanol–water partition coefficient (Wildman–Crippen LogP) is 1.52. The van der Waals surface area contributed by atoms with Gasteiger partial charge in [0.05, 0.1) is 18.1 Å². The van der Waals surface area contributed by atoms with E-state index >= 15 is 0 Å². The number of aromatic hydroxyl groups is 2. The topological polar surface area (TPSA) is 93.4 Å². The van der Waals surface area contributed by atoms with Crippen LogP contribution in [0.1, 0.15) is 30.1 Å². The maximum absolute atomic E-state index is 11.8. The number of carbonyl (C=O) groups is 1. The second kappa shape index (κ2) is 5.75. The SMILES string of the molecule is CC[C@H](CC#N)NC(=O)c1ccc(O)cc1O. The van der Waals surface area contributed by atoms with Crippen LogP contribution in [0.25, 0.3) is 0 Å². The van der Waals surface area contributed by atoms with E-state index in [0.717, 1.165) is 6.07 Å². The molecule has 0 radical (unpaired) electrons. The van der Waals surface area contributed by atoms with Gasteiger partial charge in [0.15, 0.2) is 0 Å². The molecule has 3 N–H and O–H groups in total. The van der Waals surface area contributed by atoms with Crippen molar-refractivity contribution in [1.82, 2.24) is 5.32 Å². The molecule has 1 atom stereocenters. The molecular weight excluding hydrogens is 220 g/mol. The summed E-state index contributed by atoms with van der Waals surface area (Å²) in [5.41, 5.74) is 0.0826. The monoisotopic (exact) mass is 234 g/mol. The van der Waals surface area contributed by atoms with Gasteiger partial charge < -0.3 is 15.5 Å². The molecule has 0 spiro atoms. The summed E-state index contributed by atoms with van der Waals surface area (Å²) in [6.07, 6.45) is 0.860. The van der Waals surface area contributed by atoms with E-state index in [1.165, 1.54) is 12.1 Å². The highest BCUT2D eigenvalue weighted by Crippen LogP contribution is 2.22. The van der Waals surface area contributed by atoms with Crippen molar-refractivity contribution in [3.05, 3.63) is 23.8 Å². The Hall–Kier alpha value is -2.22. The van der Waals surface area contributed by atoms with Crippen molar-refractivity contribution in [2.45, 2.75) is 25.8 Å². The minimum atomic E-state index is -0.454. The molecule has 0 heterocycles. The highest BCUT2D eigenvalue weighted by atomic mass is 16.3. The van der Waals surface area contributed by atoms with Gasteiger partial charge in [0.2, 0.25) is 0 Å². The summed E-state index contributed by atoms with van der Waals surface area (Å²) in [5.74, 6) is -0.845. The summed E-state index contributed by atoms with van der Waals surface area (Å²) < 4.78 is 0. The molecule has 0 unspecified atom stereocenters. The van der Waals surface area contributed by atoms with Gasteiger partial charge in [-0.05, 0) is 18.6 Å². The fraction of sp³-hybridized carbons (Fsp3) is 0.333. The molecule has 1 aromatic carbocycles. The number of hydrogen-bond acceptors (Lipinski definition) is 4. The van der Waals surface area contributed by atoms with Gasteiger partial charge in [0.25, 0.3) is 5.91 Å². The van der Waals surface area contributed by atoms with Gasteiger partial charge in [0.1, 0.15) is 11.5 Å². The molecule has 5 nitrogen and oxygen atoms in total. The average Bonchev–Trinajstić information content (AvgIpc) is 2.28. The Kier molecular flexibility index (Phi) is 4.35. The fourth-order valence-electron chi connectivity index (χ4n) is 1.38. The Balaban J connectivity index is 2.79. The molecule has 1 aromatic rings. The van der Waals surface area contributed by atoms with Gasteiger partial charge in [-0.1, -0.05) is 6.92 Å². The molecule has 0 saturated heterocycles. The Labute approximate surface area is 99.3 Å². The zero-order valence-electron chi connectivity index (χ0n) is 9.47. The van der Waals surface area contributed by atoms with Crippen LogP contribution < -0.4 is 5.32 Å². The number of amides is 1. The lowest BCUT2D eigenvalue weighted by Gasteiger charge is -2.14. The third-order valence-electron chi connectivity index (χ3n) is 2.39. The van der Waals surface area contributed by atoms with Crippen molar-refractivity contribution >= 4 is 5.91 Å². The molecule has 90 valence electrons. The van der Waals surface area contributed by atoms with E-state index in [1.54, 1.807) is 0 Å². The van der Waals surface area contributed by atoms with Crippen LogP contribution >= 0.6 is 0 Å². The third-order valence-corrected chi connectivity index (χ3v) is 2.39. The van der Waals surface area contributed by atoms with Crippen molar-refractivity contribution in [1.29, 1.82) is 5.26 Å². The number of hydrogen-bond donors (Lipinski definition) is 3. The lowest BCUT2D eigenvalue weighted by Crippen LogP contribution is -2.34. The maximum atomic E-state index is 11.8. The molecule has 1 rings (SSSR count). The second-order valence-corrected chi connectivity index (χ2v) is 3.64. The molecule has 0 aliphatic rings. The molecule has 1 amide bonds. The lowest BCUT2D eigenvalue weighted by atomic mass is 10.1. The fourth-order valence-corrected chi connectivity index (χ4v) is 1.38. The van der Waals surface area contributed by atoms with Crippen LogP contribution in [0, 0.1) is 11.3 Å². The highest BCUT2D eigenvalue weighted by molar-refractivity contribution is 5.97. The van der Waals surface area contributed by atoms with Gasteiger partial charge in [-0.25, -0.2) is 0 Å². The molecule has 0 aromatic heterocycles. The van der Waals surface area contributed by atoms with E-state index in [1.807, 2.05) is 13.0 Å². The highest BCUT2D eigenvalue weighted by Gasteiger charge is 2.15. The first-order valence-corrected chi connectivity index (χ1v) is 5.28. The summed E-state index contributed by atoms with van der Waals surface area (Å²) in [4.78, 5) is 11.8. The van der Waals surface area contributed by atoms with Crippen molar-refractivity contribution in [3.63, 3.8) is 0 Å². The van der Waals surface area contributed by atoms with E-state index in [0.29, 0.717) is 6.42 Å². The van der Waals surface area contributed by atoms with E-state index in [9.17, 15) is 9.90 Å². The predicted molar refractivity (Wildman–Crippen MR) is 61.5 cm³/mol. The first-order chi connectivity index (χ1) is 8.08. The standard InChI is InChI=1S/C12H14N2O3/c1-2-8(5-6-13)14-12(17)10-4-3-9(15)7-11(10)16/h3-4,7-8,15-16H,2,5H2,1H3,(H,14,17)/t8-/m1/s1. The van der Waals surface area contributed by atoms with Crippen LogP contribution in [0.5, 0.6) is 11.5 Å². The number of phenolic OH excluding ortho intramolecular Hbond substituents is 2. The van der Waals surface area contributed by atoms with Gasteiger partial charge in [-0.2, -0.15) is 5.26 Å². The first kappa shape index (κ1) is 12.8. The number of nitriles is 1. The van der Waals surface area contributed by atoms with Crippen LogP contribution in [0.2, 0.25) is 0 Å². The van der Waals surface area contributed by atoms with Crippen LogP contribution in [-0.2, 0) is 0 Å². The molecule has 0 fully saturated rings. The molecule has 0 bridgehead atoms. The Bertz CT molecular complexity index is 452. The molecule has 0 aliphatic heterocycles. The van der Waals surface area contributed by atoms with E-state index < -0.39 is 5.91 Å². The number of nitrogens with one attached hydrogen (secondary N) is 1.